The Labute approximate surface area is 176 Å². The Hall–Kier alpha value is -1.01. The standard InChI is InChI=1S/C20H31BrNO5P/c1-5-26-28(25,27-6-2)14-22-20(24)17(11-15(3)4)13-19(23)12-16-7-9-18(21)10-8-16/h7-10,15,17H,5-6,11-14H2,1-4H3,(H,22,24)/t17-/m1/s1. The number of carbonyl (C=O) groups is 2. The third-order valence-electron chi connectivity index (χ3n) is 4.01. The van der Waals surface area contributed by atoms with Crippen LogP contribution in [0.25, 0.3) is 0 Å². The van der Waals surface area contributed by atoms with Crippen molar-refractivity contribution < 1.29 is 23.2 Å². The predicted octanol–water partition coefficient (Wildman–Crippen LogP) is 4.95. The number of amides is 1. The summed E-state index contributed by atoms with van der Waals surface area (Å²) < 4.78 is 23.9. The molecule has 1 aromatic carbocycles. The summed E-state index contributed by atoms with van der Waals surface area (Å²) in [4.78, 5) is 25.2. The van der Waals surface area contributed by atoms with Crippen LogP contribution in [-0.4, -0.2) is 31.2 Å². The summed E-state index contributed by atoms with van der Waals surface area (Å²) in [6.45, 7) is 7.91. The second-order valence-corrected chi connectivity index (χ2v) is 9.99. The van der Waals surface area contributed by atoms with Crippen molar-refractivity contribution in [3.8, 4) is 0 Å². The summed E-state index contributed by atoms with van der Waals surface area (Å²) in [6.07, 6.45) is 0.813. The van der Waals surface area contributed by atoms with Crippen molar-refractivity contribution in [1.82, 2.24) is 5.32 Å². The van der Waals surface area contributed by atoms with Gasteiger partial charge in [-0.1, -0.05) is 41.9 Å². The van der Waals surface area contributed by atoms with Gasteiger partial charge in [0.2, 0.25) is 5.91 Å². The Morgan fingerprint density at radius 2 is 1.68 bits per heavy atom. The first-order valence-electron chi connectivity index (χ1n) is 9.61. The maximum absolute atomic E-state index is 12.7. The lowest BCUT2D eigenvalue weighted by molar-refractivity contribution is -0.129. The van der Waals surface area contributed by atoms with Crippen LogP contribution in [0, 0.1) is 11.8 Å². The largest absolute Gasteiger partial charge is 0.349 e. The van der Waals surface area contributed by atoms with Gasteiger partial charge in [0, 0.05) is 23.2 Å². The van der Waals surface area contributed by atoms with Gasteiger partial charge >= 0.3 is 7.60 Å². The van der Waals surface area contributed by atoms with Gasteiger partial charge in [0.05, 0.1) is 13.2 Å². The van der Waals surface area contributed by atoms with Crippen molar-refractivity contribution in [3.63, 3.8) is 0 Å². The summed E-state index contributed by atoms with van der Waals surface area (Å²) in [5.41, 5.74) is 0.911. The molecule has 0 unspecified atom stereocenters. The molecule has 0 heterocycles. The maximum atomic E-state index is 12.7. The molecule has 0 saturated heterocycles. The fourth-order valence-electron chi connectivity index (χ4n) is 2.87. The first-order valence-corrected chi connectivity index (χ1v) is 12.1. The molecule has 0 aliphatic carbocycles. The van der Waals surface area contributed by atoms with E-state index in [1.165, 1.54) is 0 Å². The van der Waals surface area contributed by atoms with E-state index in [1.54, 1.807) is 13.8 Å². The zero-order valence-corrected chi connectivity index (χ0v) is 19.6. The predicted molar refractivity (Wildman–Crippen MR) is 114 cm³/mol. The minimum atomic E-state index is -3.36. The molecule has 0 fully saturated rings. The van der Waals surface area contributed by atoms with Crippen LogP contribution in [0.15, 0.2) is 28.7 Å². The molecule has 0 radical (unpaired) electrons. The molecule has 0 bridgehead atoms. The molecule has 28 heavy (non-hydrogen) atoms. The minimum Gasteiger partial charge on any atom is -0.344 e. The number of rotatable bonds is 13. The van der Waals surface area contributed by atoms with Crippen LogP contribution < -0.4 is 5.32 Å². The van der Waals surface area contributed by atoms with Crippen LogP contribution in [0.3, 0.4) is 0 Å². The Kier molecular flexibility index (Phi) is 11.2. The number of ketones is 1. The van der Waals surface area contributed by atoms with Crippen LogP contribution >= 0.6 is 23.5 Å². The molecule has 1 amide bonds. The quantitative estimate of drug-likeness (QED) is 0.408. The molecule has 1 N–H and O–H groups in total. The first kappa shape index (κ1) is 25.0. The molecule has 0 aliphatic rings. The molecule has 0 saturated carbocycles. The highest BCUT2D eigenvalue weighted by atomic mass is 79.9. The number of Topliss-reactive ketones (excluding diaryl/α,β-unsaturated/α-hetero) is 1. The SMILES string of the molecule is CCOP(=O)(CNC(=O)[C@@H](CC(=O)Cc1ccc(Br)cc1)CC(C)C)OCC. The second kappa shape index (κ2) is 12.5. The second-order valence-electron chi connectivity index (χ2n) is 7.02. The van der Waals surface area contributed by atoms with Crippen LogP contribution in [0.1, 0.15) is 46.1 Å². The van der Waals surface area contributed by atoms with Gasteiger partial charge in [-0.15, -0.1) is 0 Å². The molecule has 1 rings (SSSR count). The van der Waals surface area contributed by atoms with Gasteiger partial charge in [-0.25, -0.2) is 0 Å². The van der Waals surface area contributed by atoms with Gasteiger partial charge in [-0.2, -0.15) is 0 Å². The number of halogens is 1. The van der Waals surface area contributed by atoms with Crippen molar-refractivity contribution in [2.24, 2.45) is 11.8 Å². The molecule has 1 aromatic rings. The molecule has 0 aliphatic heterocycles. The molecule has 6 nitrogen and oxygen atoms in total. The topological polar surface area (TPSA) is 81.7 Å². The fourth-order valence-corrected chi connectivity index (χ4v) is 4.53. The lowest BCUT2D eigenvalue weighted by Crippen LogP contribution is -2.34. The lowest BCUT2D eigenvalue weighted by atomic mass is 9.90. The third-order valence-corrected chi connectivity index (χ3v) is 6.39. The number of nitrogens with one attached hydrogen (secondary N) is 1. The highest BCUT2D eigenvalue weighted by Crippen LogP contribution is 2.46. The summed E-state index contributed by atoms with van der Waals surface area (Å²) in [6, 6.07) is 7.56. The van der Waals surface area contributed by atoms with E-state index in [-0.39, 0.29) is 49.9 Å². The zero-order chi connectivity index (χ0) is 21.2. The van der Waals surface area contributed by atoms with E-state index >= 15 is 0 Å². The smallest absolute Gasteiger partial charge is 0.344 e. The summed E-state index contributed by atoms with van der Waals surface area (Å²) >= 11 is 3.37. The zero-order valence-electron chi connectivity index (χ0n) is 17.1. The summed E-state index contributed by atoms with van der Waals surface area (Å²) in [5.74, 6) is -0.514. The third kappa shape index (κ3) is 9.46. The van der Waals surface area contributed by atoms with Crippen molar-refractivity contribution in [1.29, 1.82) is 0 Å². The first-order chi connectivity index (χ1) is 13.2. The number of carbonyl (C=O) groups excluding carboxylic acids is 2. The van der Waals surface area contributed by atoms with Crippen molar-refractivity contribution >= 4 is 35.2 Å². The molecule has 1 atom stereocenters. The Morgan fingerprint density at radius 3 is 2.18 bits per heavy atom. The van der Waals surface area contributed by atoms with Gasteiger partial charge < -0.3 is 14.4 Å². The molecule has 0 aromatic heterocycles. The van der Waals surface area contributed by atoms with E-state index in [4.69, 9.17) is 9.05 Å². The number of hydrogen-bond acceptors (Lipinski definition) is 5. The van der Waals surface area contributed by atoms with E-state index in [9.17, 15) is 14.2 Å². The lowest BCUT2D eigenvalue weighted by Gasteiger charge is -2.21. The van der Waals surface area contributed by atoms with E-state index in [1.807, 2.05) is 38.1 Å². The van der Waals surface area contributed by atoms with E-state index in [0.29, 0.717) is 6.42 Å². The van der Waals surface area contributed by atoms with E-state index < -0.39 is 13.5 Å². The summed E-state index contributed by atoms with van der Waals surface area (Å²) in [7, 11) is -3.36. The van der Waals surface area contributed by atoms with Crippen LogP contribution in [0.2, 0.25) is 0 Å². The molecular weight excluding hydrogens is 445 g/mol. The molecular formula is C20H31BrNO5P. The molecule has 0 spiro atoms. The van der Waals surface area contributed by atoms with Gasteiger partial charge in [-0.3, -0.25) is 14.2 Å². The highest BCUT2D eigenvalue weighted by Gasteiger charge is 2.28. The molecule has 158 valence electrons. The monoisotopic (exact) mass is 475 g/mol. The van der Waals surface area contributed by atoms with Gasteiger partial charge in [0.25, 0.3) is 0 Å². The van der Waals surface area contributed by atoms with Crippen LogP contribution in [0.5, 0.6) is 0 Å². The van der Waals surface area contributed by atoms with Gasteiger partial charge in [-0.05, 0) is 43.9 Å². The summed E-state index contributed by atoms with van der Waals surface area (Å²) in [5, 5.41) is 2.66. The average molecular weight is 476 g/mol. The van der Waals surface area contributed by atoms with Crippen molar-refractivity contribution in [3.05, 3.63) is 34.3 Å². The van der Waals surface area contributed by atoms with Crippen molar-refractivity contribution in [2.75, 3.05) is 19.5 Å². The Balaban J connectivity index is 2.71. The number of benzene rings is 1. The van der Waals surface area contributed by atoms with E-state index in [2.05, 4.69) is 21.2 Å². The average Bonchev–Trinajstić information content (AvgIpc) is 2.61. The number of hydrogen-bond donors (Lipinski definition) is 1. The minimum absolute atomic E-state index is 0.000853. The normalized spacial score (nSPS) is 12.8. The fraction of sp³-hybridized carbons (Fsp3) is 0.600. The van der Waals surface area contributed by atoms with E-state index in [0.717, 1.165) is 10.0 Å². The van der Waals surface area contributed by atoms with Crippen LogP contribution in [-0.2, 0) is 29.6 Å². The Morgan fingerprint density at radius 1 is 1.11 bits per heavy atom. The van der Waals surface area contributed by atoms with Gasteiger partial charge in [0.15, 0.2) is 0 Å². The van der Waals surface area contributed by atoms with Crippen LogP contribution in [0.4, 0.5) is 0 Å². The molecule has 8 heteroatoms. The van der Waals surface area contributed by atoms with Crippen molar-refractivity contribution in [2.45, 2.75) is 47.0 Å². The highest BCUT2D eigenvalue weighted by molar-refractivity contribution is 9.10. The Bertz CT molecular complexity index is 668. The van der Waals surface area contributed by atoms with Gasteiger partial charge in [0.1, 0.15) is 12.1 Å². The maximum Gasteiger partial charge on any atom is 0.349 e.